The highest BCUT2D eigenvalue weighted by atomic mass is 16.5. The normalized spacial score (nSPS) is 22.7. The van der Waals surface area contributed by atoms with Crippen LogP contribution in [0.5, 0.6) is 0 Å². The van der Waals surface area contributed by atoms with Crippen molar-refractivity contribution in [3.05, 3.63) is 51.6 Å². The number of ether oxygens (including phenoxy) is 1. The Morgan fingerprint density at radius 2 is 1.90 bits per heavy atom. The molecule has 2 N–H and O–H groups in total. The topological polar surface area (TPSA) is 104 Å². The van der Waals surface area contributed by atoms with Crippen LogP contribution in [0.3, 0.4) is 0 Å². The number of hydrogen-bond donors (Lipinski definition) is 2. The van der Waals surface area contributed by atoms with Crippen molar-refractivity contribution in [2.24, 2.45) is 5.41 Å². The van der Waals surface area contributed by atoms with Crippen LogP contribution < -0.4 is 15.8 Å². The molecule has 0 aromatic carbocycles. The van der Waals surface area contributed by atoms with Gasteiger partial charge in [0.05, 0.1) is 24.1 Å². The van der Waals surface area contributed by atoms with Crippen molar-refractivity contribution in [3.63, 3.8) is 0 Å². The Morgan fingerprint density at radius 3 is 2.55 bits per heavy atom. The molecule has 1 amide bonds. The van der Waals surface area contributed by atoms with Crippen molar-refractivity contribution in [3.8, 4) is 0 Å². The summed E-state index contributed by atoms with van der Waals surface area (Å²) in [6.07, 6.45) is 2.79. The number of ketones is 1. The van der Waals surface area contributed by atoms with Gasteiger partial charge in [0.25, 0.3) is 11.5 Å². The van der Waals surface area contributed by atoms with Crippen LogP contribution in [0.2, 0.25) is 0 Å². The maximum Gasteiger partial charge on any atom is 0.261 e. The minimum atomic E-state index is -0.565. The van der Waals surface area contributed by atoms with Crippen molar-refractivity contribution in [2.75, 3.05) is 23.3 Å². The van der Waals surface area contributed by atoms with Crippen LogP contribution in [-0.2, 0) is 11.2 Å². The zero-order valence-electron chi connectivity index (χ0n) is 18.3. The Hall–Kier alpha value is -3.00. The fraction of sp³-hybridized carbons (Fsp3) is 0.478. The number of nitrogens with one attached hydrogen (secondary N) is 2. The fourth-order valence-electron chi connectivity index (χ4n) is 4.41. The molecule has 0 spiro atoms. The molecular weight excluding hydrogens is 396 g/mol. The number of fused-ring (bicyclic) bond motifs is 1. The molecule has 1 aliphatic carbocycles. The van der Waals surface area contributed by atoms with Gasteiger partial charge in [-0.15, -0.1) is 0 Å². The second-order valence-corrected chi connectivity index (χ2v) is 9.37. The molecule has 2 aliphatic rings. The summed E-state index contributed by atoms with van der Waals surface area (Å²) >= 11 is 0. The number of morpholine rings is 1. The highest BCUT2D eigenvalue weighted by Gasteiger charge is 2.32. The summed E-state index contributed by atoms with van der Waals surface area (Å²) in [7, 11) is 0. The second-order valence-electron chi connectivity index (χ2n) is 9.37. The van der Waals surface area contributed by atoms with E-state index < -0.39 is 11.5 Å². The van der Waals surface area contributed by atoms with Gasteiger partial charge in [-0.1, -0.05) is 13.8 Å². The minimum absolute atomic E-state index is 0.0588. The van der Waals surface area contributed by atoms with Gasteiger partial charge in [-0.3, -0.25) is 14.4 Å². The summed E-state index contributed by atoms with van der Waals surface area (Å²) in [6.45, 7) is 9.53. The van der Waals surface area contributed by atoms with Gasteiger partial charge in [0.15, 0.2) is 5.78 Å². The lowest BCUT2D eigenvalue weighted by Crippen LogP contribution is -2.45. The van der Waals surface area contributed by atoms with E-state index in [0.29, 0.717) is 29.8 Å². The van der Waals surface area contributed by atoms with E-state index in [2.05, 4.69) is 20.2 Å². The Kier molecular flexibility index (Phi) is 5.43. The number of carbonyl (C=O) groups is 2. The molecule has 1 fully saturated rings. The molecule has 0 radical (unpaired) electrons. The number of hydrogen-bond acceptors (Lipinski definition) is 6. The maximum absolute atomic E-state index is 12.7. The number of anilines is 2. The van der Waals surface area contributed by atoms with E-state index in [9.17, 15) is 14.4 Å². The first kappa shape index (κ1) is 21.2. The van der Waals surface area contributed by atoms with Gasteiger partial charge in [-0.05, 0) is 43.9 Å². The molecule has 2 unspecified atom stereocenters. The first-order chi connectivity index (χ1) is 14.6. The zero-order valence-corrected chi connectivity index (χ0v) is 18.3. The van der Waals surface area contributed by atoms with Gasteiger partial charge in [-0.2, -0.15) is 0 Å². The van der Waals surface area contributed by atoms with Gasteiger partial charge in [0.1, 0.15) is 11.4 Å². The van der Waals surface area contributed by atoms with Crippen LogP contribution in [0.1, 0.15) is 60.5 Å². The average Bonchev–Trinajstić information content (AvgIpc) is 2.66. The molecule has 0 bridgehead atoms. The van der Waals surface area contributed by atoms with Gasteiger partial charge in [0, 0.05) is 30.8 Å². The quantitative estimate of drug-likeness (QED) is 0.785. The van der Waals surface area contributed by atoms with Gasteiger partial charge in [-0.25, -0.2) is 4.98 Å². The van der Waals surface area contributed by atoms with Gasteiger partial charge < -0.3 is 19.9 Å². The molecule has 2 aromatic heterocycles. The third-order valence-corrected chi connectivity index (χ3v) is 5.71. The van der Waals surface area contributed by atoms with Gasteiger partial charge in [0.2, 0.25) is 0 Å². The number of pyridine rings is 2. The van der Waals surface area contributed by atoms with E-state index in [-0.39, 0.29) is 29.0 Å². The zero-order chi connectivity index (χ0) is 22.3. The molecule has 1 aliphatic heterocycles. The van der Waals surface area contributed by atoms with Crippen LogP contribution in [0.25, 0.3) is 0 Å². The van der Waals surface area contributed by atoms with E-state index in [1.165, 1.54) is 6.07 Å². The molecule has 3 heterocycles. The van der Waals surface area contributed by atoms with E-state index in [0.717, 1.165) is 18.9 Å². The molecule has 2 atom stereocenters. The molecule has 8 heteroatoms. The summed E-state index contributed by atoms with van der Waals surface area (Å²) in [6, 6.07) is 5.01. The molecule has 31 heavy (non-hydrogen) atoms. The molecule has 0 saturated carbocycles. The van der Waals surface area contributed by atoms with Crippen molar-refractivity contribution >= 4 is 23.2 Å². The Labute approximate surface area is 181 Å². The summed E-state index contributed by atoms with van der Waals surface area (Å²) in [5.41, 5.74) is 0.721. The summed E-state index contributed by atoms with van der Waals surface area (Å²) in [5, 5.41) is 2.71. The SMILES string of the molecule is CC1CN(c2ccc(NC(=O)c3cc4c([nH]c3=O)CC(C)(C)CC4=O)cn2)CC(C)O1. The number of aromatic amines is 1. The lowest BCUT2D eigenvalue weighted by molar-refractivity contribution is -0.00546. The summed E-state index contributed by atoms with van der Waals surface area (Å²) < 4.78 is 5.75. The van der Waals surface area contributed by atoms with Crippen molar-refractivity contribution in [1.82, 2.24) is 9.97 Å². The Balaban J connectivity index is 1.51. The maximum atomic E-state index is 12.7. The number of H-pyrrole nitrogens is 1. The molecular formula is C23H28N4O4. The lowest BCUT2D eigenvalue weighted by atomic mass is 9.75. The molecule has 1 saturated heterocycles. The molecule has 2 aromatic rings. The number of amides is 1. The van der Waals surface area contributed by atoms with Crippen LogP contribution in [0, 0.1) is 5.41 Å². The number of nitrogens with zero attached hydrogens (tertiary/aromatic N) is 2. The summed E-state index contributed by atoms with van der Waals surface area (Å²) in [4.78, 5) is 47.1. The number of rotatable bonds is 3. The predicted molar refractivity (Wildman–Crippen MR) is 118 cm³/mol. The van der Waals surface area contributed by atoms with Crippen molar-refractivity contribution < 1.29 is 14.3 Å². The minimum Gasteiger partial charge on any atom is -0.372 e. The predicted octanol–water partition coefficient (Wildman–Crippen LogP) is 2.79. The van der Waals surface area contributed by atoms with Gasteiger partial charge >= 0.3 is 0 Å². The summed E-state index contributed by atoms with van der Waals surface area (Å²) in [5.74, 6) is 0.182. The van der Waals surface area contributed by atoms with E-state index in [1.807, 2.05) is 33.8 Å². The van der Waals surface area contributed by atoms with Crippen LogP contribution in [-0.4, -0.2) is 47.0 Å². The van der Waals surface area contributed by atoms with Crippen LogP contribution in [0.15, 0.2) is 29.2 Å². The average molecular weight is 425 g/mol. The van der Waals surface area contributed by atoms with Crippen molar-refractivity contribution in [1.29, 1.82) is 0 Å². The lowest BCUT2D eigenvalue weighted by Gasteiger charge is -2.36. The standard InChI is InChI=1S/C23H28N4O4/c1-13-11-27(12-14(2)31-13)20-6-5-15(10-24-20)25-21(29)17-7-16-18(26-22(17)30)8-23(3,4)9-19(16)28/h5-7,10,13-14H,8-9,11-12H2,1-4H3,(H,25,29)(H,26,30). The van der Waals surface area contributed by atoms with E-state index in [1.54, 1.807) is 12.3 Å². The number of carbonyl (C=O) groups excluding carboxylic acids is 2. The second kappa shape index (κ2) is 7.92. The highest BCUT2D eigenvalue weighted by Crippen LogP contribution is 2.33. The van der Waals surface area contributed by atoms with E-state index >= 15 is 0 Å². The molecule has 164 valence electrons. The monoisotopic (exact) mass is 424 g/mol. The van der Waals surface area contributed by atoms with E-state index in [4.69, 9.17) is 4.74 Å². The smallest absolute Gasteiger partial charge is 0.261 e. The Morgan fingerprint density at radius 1 is 1.19 bits per heavy atom. The Bertz CT molecular complexity index is 1060. The van der Waals surface area contributed by atoms with Crippen LogP contribution >= 0.6 is 0 Å². The van der Waals surface area contributed by atoms with Crippen molar-refractivity contribution in [2.45, 2.75) is 52.7 Å². The molecule has 8 nitrogen and oxygen atoms in total. The number of Topliss-reactive ketones (excluding diaryl/α,β-unsaturated/α-hetero) is 1. The largest absolute Gasteiger partial charge is 0.372 e. The third kappa shape index (κ3) is 4.54. The first-order valence-corrected chi connectivity index (χ1v) is 10.6. The number of aromatic nitrogens is 2. The van der Waals surface area contributed by atoms with Crippen LogP contribution in [0.4, 0.5) is 11.5 Å². The third-order valence-electron chi connectivity index (χ3n) is 5.71. The highest BCUT2D eigenvalue weighted by molar-refractivity contribution is 6.06. The molecule has 4 rings (SSSR count). The first-order valence-electron chi connectivity index (χ1n) is 10.6. The fourth-order valence-corrected chi connectivity index (χ4v) is 4.41.